The molecule has 0 amide bonds. The number of carbonyl (C=O) groups excluding carboxylic acids is 1. The maximum atomic E-state index is 11.4. The Balaban J connectivity index is 2.39. The first-order valence-corrected chi connectivity index (χ1v) is 7.03. The minimum absolute atomic E-state index is 0.208. The summed E-state index contributed by atoms with van der Waals surface area (Å²) in [6.45, 7) is 10.5. The third kappa shape index (κ3) is 2.29. The molecule has 1 fully saturated rings. The van der Waals surface area contributed by atoms with Crippen molar-refractivity contribution in [2.24, 2.45) is 17.3 Å². The highest BCUT2D eigenvalue weighted by atomic mass is 16.4. The van der Waals surface area contributed by atoms with Crippen LogP contribution in [0.5, 0.6) is 0 Å². The zero-order chi connectivity index (χ0) is 14.4. The van der Waals surface area contributed by atoms with E-state index in [9.17, 15) is 9.90 Å². The number of hydrogen-bond donors (Lipinski definition) is 0. The monoisotopic (exact) mass is 259 g/mol. The summed E-state index contributed by atoms with van der Waals surface area (Å²) in [7, 11) is 0. The second-order valence-corrected chi connectivity index (χ2v) is 6.68. The van der Waals surface area contributed by atoms with E-state index in [1.165, 1.54) is 16.7 Å². The molecule has 0 radical (unpaired) electrons. The van der Waals surface area contributed by atoms with Crippen LogP contribution in [0.3, 0.4) is 0 Å². The number of carbonyl (C=O) groups is 1. The van der Waals surface area contributed by atoms with Crippen molar-refractivity contribution in [3.63, 3.8) is 0 Å². The minimum Gasteiger partial charge on any atom is -0.550 e. The average Bonchev–Trinajstić information content (AvgIpc) is 2.52. The van der Waals surface area contributed by atoms with Gasteiger partial charge in [0, 0.05) is 11.9 Å². The summed E-state index contributed by atoms with van der Waals surface area (Å²) in [6.07, 6.45) is 0.695. The number of rotatable bonds is 2. The lowest BCUT2D eigenvalue weighted by molar-refractivity contribution is -0.314. The number of hydrogen-bond acceptors (Lipinski definition) is 2. The number of aliphatic carboxylic acids is 1. The molecule has 2 nitrogen and oxygen atoms in total. The van der Waals surface area contributed by atoms with Crippen LogP contribution in [0.15, 0.2) is 18.2 Å². The molecule has 19 heavy (non-hydrogen) atoms. The van der Waals surface area contributed by atoms with E-state index >= 15 is 0 Å². The van der Waals surface area contributed by atoms with Crippen molar-refractivity contribution in [3.8, 4) is 0 Å². The molecule has 0 saturated heterocycles. The molecule has 1 aromatic rings. The largest absolute Gasteiger partial charge is 0.550 e. The van der Waals surface area contributed by atoms with Crippen molar-refractivity contribution < 1.29 is 9.90 Å². The van der Waals surface area contributed by atoms with E-state index in [1.807, 2.05) is 0 Å². The van der Waals surface area contributed by atoms with Gasteiger partial charge in [-0.3, -0.25) is 0 Å². The van der Waals surface area contributed by atoms with Crippen LogP contribution < -0.4 is 5.11 Å². The molecule has 0 heterocycles. The average molecular weight is 259 g/mol. The van der Waals surface area contributed by atoms with Crippen molar-refractivity contribution >= 4 is 5.97 Å². The highest BCUT2D eigenvalue weighted by molar-refractivity contribution is 5.69. The zero-order valence-electron chi connectivity index (χ0n) is 12.5. The molecule has 1 aliphatic rings. The lowest BCUT2D eigenvalue weighted by atomic mass is 9.74. The van der Waals surface area contributed by atoms with Crippen molar-refractivity contribution in [1.29, 1.82) is 0 Å². The van der Waals surface area contributed by atoms with Gasteiger partial charge in [0.15, 0.2) is 0 Å². The van der Waals surface area contributed by atoms with Crippen molar-refractivity contribution in [3.05, 3.63) is 34.9 Å². The fourth-order valence-electron chi connectivity index (χ4n) is 3.64. The van der Waals surface area contributed by atoms with Gasteiger partial charge in [0.2, 0.25) is 0 Å². The Morgan fingerprint density at radius 1 is 1.32 bits per heavy atom. The molecule has 0 spiro atoms. The Hall–Kier alpha value is -1.31. The van der Waals surface area contributed by atoms with Gasteiger partial charge in [0.05, 0.1) is 0 Å². The molecule has 0 N–H and O–H groups in total. The molecular weight excluding hydrogens is 236 g/mol. The molecule has 104 valence electrons. The molecule has 3 atom stereocenters. The first-order valence-electron chi connectivity index (χ1n) is 7.03. The Kier molecular flexibility index (Phi) is 3.46. The molecule has 2 rings (SSSR count). The molecule has 0 aromatic heterocycles. The van der Waals surface area contributed by atoms with Crippen LogP contribution in [-0.2, 0) is 4.79 Å². The topological polar surface area (TPSA) is 40.1 Å². The molecule has 1 aliphatic carbocycles. The second-order valence-electron chi connectivity index (χ2n) is 6.68. The Morgan fingerprint density at radius 2 is 1.95 bits per heavy atom. The van der Waals surface area contributed by atoms with Gasteiger partial charge in [-0.15, -0.1) is 0 Å². The second kappa shape index (κ2) is 4.66. The summed E-state index contributed by atoms with van der Waals surface area (Å²) in [5, 5.41) is 11.4. The summed E-state index contributed by atoms with van der Waals surface area (Å²) in [6, 6.07) is 6.47. The van der Waals surface area contributed by atoms with Crippen LogP contribution in [0.25, 0.3) is 0 Å². The molecule has 1 saturated carbocycles. The standard InChI is InChI=1S/C17H24O2/c1-10-6-7-13(11(2)8-10)14-9-15(16(18)19)17(4,5)12(14)3/h6-8,12,14-15H,9H2,1-5H3,(H,18,19)/p-1/t12-,14+,15+/m1/s1. The van der Waals surface area contributed by atoms with E-state index < -0.39 is 5.97 Å². The van der Waals surface area contributed by atoms with Crippen molar-refractivity contribution in [2.75, 3.05) is 0 Å². The third-order valence-electron chi connectivity index (χ3n) is 5.27. The lowest BCUT2D eigenvalue weighted by Gasteiger charge is -2.32. The number of carboxylic acids is 1. The summed E-state index contributed by atoms with van der Waals surface area (Å²) >= 11 is 0. The zero-order valence-corrected chi connectivity index (χ0v) is 12.5. The number of carboxylic acid groups (broad SMARTS) is 1. The van der Waals surface area contributed by atoms with Crippen LogP contribution in [-0.4, -0.2) is 5.97 Å². The van der Waals surface area contributed by atoms with Gasteiger partial charge in [-0.1, -0.05) is 44.5 Å². The number of benzene rings is 1. The summed E-state index contributed by atoms with van der Waals surface area (Å²) in [4.78, 5) is 11.4. The molecule has 0 unspecified atom stereocenters. The van der Waals surface area contributed by atoms with Gasteiger partial charge in [0.25, 0.3) is 0 Å². The van der Waals surface area contributed by atoms with Gasteiger partial charge in [-0.05, 0) is 48.6 Å². The Bertz CT molecular complexity index is 502. The van der Waals surface area contributed by atoms with Gasteiger partial charge < -0.3 is 9.90 Å². The van der Waals surface area contributed by atoms with Gasteiger partial charge in [-0.25, -0.2) is 0 Å². The predicted molar refractivity (Wildman–Crippen MR) is 74.7 cm³/mol. The molecule has 1 aromatic carbocycles. The first-order chi connectivity index (χ1) is 8.75. The Labute approximate surface area is 115 Å². The van der Waals surface area contributed by atoms with Crippen LogP contribution >= 0.6 is 0 Å². The fraction of sp³-hybridized carbons (Fsp3) is 0.588. The van der Waals surface area contributed by atoms with Crippen molar-refractivity contribution in [2.45, 2.75) is 47.0 Å². The van der Waals surface area contributed by atoms with E-state index in [0.29, 0.717) is 18.3 Å². The molecular formula is C17H23O2-. The van der Waals surface area contributed by atoms with E-state index in [-0.39, 0.29) is 11.3 Å². The van der Waals surface area contributed by atoms with E-state index in [4.69, 9.17) is 0 Å². The van der Waals surface area contributed by atoms with E-state index in [1.54, 1.807) is 0 Å². The van der Waals surface area contributed by atoms with Crippen molar-refractivity contribution in [1.82, 2.24) is 0 Å². The van der Waals surface area contributed by atoms with Gasteiger partial charge in [-0.2, -0.15) is 0 Å². The number of aryl methyl sites for hydroxylation is 2. The highest BCUT2D eigenvalue weighted by Crippen LogP contribution is 2.54. The van der Waals surface area contributed by atoms with Crippen LogP contribution in [0.2, 0.25) is 0 Å². The maximum Gasteiger partial charge on any atom is 0.0450 e. The highest BCUT2D eigenvalue weighted by Gasteiger charge is 2.47. The van der Waals surface area contributed by atoms with Crippen LogP contribution in [0, 0.1) is 31.1 Å². The van der Waals surface area contributed by atoms with E-state index in [2.05, 4.69) is 52.8 Å². The summed E-state index contributed by atoms with van der Waals surface area (Å²) in [5.41, 5.74) is 3.62. The summed E-state index contributed by atoms with van der Waals surface area (Å²) in [5.74, 6) is -0.590. The maximum absolute atomic E-state index is 11.4. The predicted octanol–water partition coefficient (Wildman–Crippen LogP) is 2.82. The van der Waals surface area contributed by atoms with Crippen LogP contribution in [0.1, 0.15) is 49.8 Å². The Morgan fingerprint density at radius 3 is 2.42 bits per heavy atom. The minimum atomic E-state index is -0.899. The van der Waals surface area contributed by atoms with Crippen LogP contribution in [0.4, 0.5) is 0 Å². The third-order valence-corrected chi connectivity index (χ3v) is 5.27. The SMILES string of the molecule is Cc1ccc([C@H]2C[C@@H](C(=O)[O-])C(C)(C)[C@@H]2C)c(C)c1. The van der Waals surface area contributed by atoms with Gasteiger partial charge in [0.1, 0.15) is 0 Å². The quantitative estimate of drug-likeness (QED) is 0.819. The van der Waals surface area contributed by atoms with Gasteiger partial charge >= 0.3 is 0 Å². The molecule has 2 heteroatoms. The lowest BCUT2D eigenvalue weighted by Crippen LogP contribution is -2.38. The molecule has 0 aliphatic heterocycles. The smallest absolute Gasteiger partial charge is 0.0450 e. The first kappa shape index (κ1) is 14.1. The molecule has 0 bridgehead atoms. The summed E-state index contributed by atoms with van der Waals surface area (Å²) < 4.78 is 0. The normalized spacial score (nSPS) is 29.4. The van der Waals surface area contributed by atoms with E-state index in [0.717, 1.165) is 0 Å². The fourth-order valence-corrected chi connectivity index (χ4v) is 3.64.